The molecule has 0 spiro atoms. The number of ether oxygens (including phenoxy) is 1. The minimum absolute atomic E-state index is 0.157. The molecule has 2 aromatic rings. The highest BCUT2D eigenvalue weighted by Crippen LogP contribution is 2.18. The Bertz CT molecular complexity index is 748. The number of benzene rings is 2. The van der Waals surface area contributed by atoms with Crippen molar-refractivity contribution in [3.63, 3.8) is 0 Å². The molecule has 23 heavy (non-hydrogen) atoms. The first-order valence-corrected chi connectivity index (χ1v) is 6.46. The van der Waals surface area contributed by atoms with Gasteiger partial charge >= 0.3 is 11.9 Å². The van der Waals surface area contributed by atoms with Gasteiger partial charge in [-0.15, -0.1) is 0 Å². The van der Waals surface area contributed by atoms with Crippen LogP contribution >= 0.6 is 0 Å². The number of cyclic esters (lactones) is 2. The Morgan fingerprint density at radius 2 is 1.04 bits per heavy atom. The zero-order valence-corrected chi connectivity index (χ0v) is 11.8. The van der Waals surface area contributed by atoms with E-state index in [2.05, 4.69) is 4.74 Å². The summed E-state index contributed by atoms with van der Waals surface area (Å²) >= 11 is 0. The van der Waals surface area contributed by atoms with Gasteiger partial charge in [-0.25, -0.2) is 9.59 Å². The van der Waals surface area contributed by atoms with E-state index >= 15 is 0 Å². The molecule has 7 nitrogen and oxygen atoms in total. The summed E-state index contributed by atoms with van der Waals surface area (Å²) < 4.78 is 4.35. The van der Waals surface area contributed by atoms with E-state index in [4.69, 9.17) is 11.5 Å². The second-order valence-electron chi connectivity index (χ2n) is 4.50. The van der Waals surface area contributed by atoms with Gasteiger partial charge in [-0.05, 0) is 24.3 Å². The van der Waals surface area contributed by atoms with Crippen LogP contribution in [0, 0.1) is 0 Å². The third-order valence-corrected chi connectivity index (χ3v) is 3.01. The Kier molecular flexibility index (Phi) is 4.51. The molecule has 0 radical (unpaired) electrons. The number of hydrogen-bond donors (Lipinski definition) is 2. The maximum Gasteiger partial charge on any atom is 0.346 e. The minimum atomic E-state index is -0.649. The van der Waals surface area contributed by atoms with E-state index in [1.807, 2.05) is 0 Å². The first-order valence-electron chi connectivity index (χ1n) is 6.46. The number of fused-ring (bicyclic) bond motifs is 1. The first-order chi connectivity index (χ1) is 10.9. The number of esters is 2. The van der Waals surface area contributed by atoms with Crippen LogP contribution in [-0.4, -0.2) is 23.8 Å². The van der Waals surface area contributed by atoms with Crippen LogP contribution in [0.4, 0.5) is 0 Å². The van der Waals surface area contributed by atoms with Crippen molar-refractivity contribution >= 4 is 23.8 Å². The zero-order chi connectivity index (χ0) is 17.0. The standard InChI is InChI=1S/C8H8N2O2.C8H4O3/c9-7(11)5-3-1-2-4-6(5)8(10)12;9-7-5-3-1-2-4-6(5)8(10)11-7/h1-4H,(H2,9,11)(H2,10,12);1-4H. The zero-order valence-electron chi connectivity index (χ0n) is 11.8. The van der Waals surface area contributed by atoms with E-state index in [9.17, 15) is 19.2 Å². The molecule has 0 fully saturated rings. The summed E-state index contributed by atoms with van der Waals surface area (Å²) in [6.45, 7) is 0. The molecule has 2 aromatic carbocycles. The highest BCUT2D eigenvalue weighted by atomic mass is 16.6. The highest BCUT2D eigenvalue weighted by molar-refractivity contribution is 6.14. The van der Waals surface area contributed by atoms with E-state index < -0.39 is 23.8 Å². The number of carbonyl (C=O) groups excluding carboxylic acids is 4. The Hall–Kier alpha value is -3.48. The van der Waals surface area contributed by atoms with Crippen LogP contribution in [0.15, 0.2) is 48.5 Å². The van der Waals surface area contributed by atoms with Gasteiger partial charge in [-0.2, -0.15) is 0 Å². The molecule has 0 saturated carbocycles. The highest BCUT2D eigenvalue weighted by Gasteiger charge is 2.28. The molecule has 0 aromatic heterocycles. The molecular weight excluding hydrogens is 300 g/mol. The van der Waals surface area contributed by atoms with Crippen molar-refractivity contribution in [1.29, 1.82) is 0 Å². The number of carbonyl (C=O) groups is 4. The van der Waals surface area contributed by atoms with Gasteiger partial charge in [0.25, 0.3) is 0 Å². The first kappa shape index (κ1) is 15.9. The summed E-state index contributed by atoms with van der Waals surface area (Å²) in [5, 5.41) is 0. The van der Waals surface area contributed by atoms with Gasteiger partial charge < -0.3 is 16.2 Å². The molecule has 116 valence electrons. The fourth-order valence-corrected chi connectivity index (χ4v) is 1.95. The lowest BCUT2D eigenvalue weighted by Gasteiger charge is -2.00. The molecule has 0 bridgehead atoms. The van der Waals surface area contributed by atoms with Gasteiger partial charge in [0.1, 0.15) is 0 Å². The summed E-state index contributed by atoms with van der Waals surface area (Å²) in [6.07, 6.45) is 0. The summed E-state index contributed by atoms with van der Waals surface area (Å²) in [5.41, 5.74) is 11.0. The third kappa shape index (κ3) is 3.41. The van der Waals surface area contributed by atoms with Crippen LogP contribution in [0.3, 0.4) is 0 Å². The predicted octanol–water partition coefficient (Wildman–Crippen LogP) is 0.882. The van der Waals surface area contributed by atoms with Crippen molar-refractivity contribution in [2.24, 2.45) is 11.5 Å². The molecule has 1 aliphatic rings. The molecule has 7 heteroatoms. The lowest BCUT2D eigenvalue weighted by molar-refractivity contribution is 0.0443. The SMILES string of the molecule is NC(=O)c1ccccc1C(N)=O.O=C1OC(=O)c2ccccc21. The molecule has 0 saturated heterocycles. The molecule has 1 heterocycles. The average molecular weight is 312 g/mol. The lowest BCUT2D eigenvalue weighted by atomic mass is 10.1. The fraction of sp³-hybridized carbons (Fsp3) is 0. The van der Waals surface area contributed by atoms with Crippen molar-refractivity contribution in [2.75, 3.05) is 0 Å². The van der Waals surface area contributed by atoms with E-state index in [0.29, 0.717) is 11.1 Å². The van der Waals surface area contributed by atoms with Crippen molar-refractivity contribution in [1.82, 2.24) is 0 Å². The maximum atomic E-state index is 10.8. The third-order valence-electron chi connectivity index (χ3n) is 3.01. The fourth-order valence-electron chi connectivity index (χ4n) is 1.95. The molecule has 1 aliphatic heterocycles. The second kappa shape index (κ2) is 6.52. The van der Waals surface area contributed by atoms with Crippen molar-refractivity contribution in [2.45, 2.75) is 0 Å². The van der Waals surface area contributed by atoms with Crippen LogP contribution in [0.25, 0.3) is 0 Å². The Balaban J connectivity index is 0.000000167. The Morgan fingerprint density at radius 3 is 1.39 bits per heavy atom. The topological polar surface area (TPSA) is 130 Å². The van der Waals surface area contributed by atoms with Crippen molar-refractivity contribution in [3.05, 3.63) is 70.8 Å². The molecule has 2 amide bonds. The minimum Gasteiger partial charge on any atom is -0.386 e. The second-order valence-corrected chi connectivity index (χ2v) is 4.50. The quantitative estimate of drug-likeness (QED) is 0.628. The van der Waals surface area contributed by atoms with E-state index in [1.54, 1.807) is 36.4 Å². The molecule has 0 aliphatic carbocycles. The van der Waals surface area contributed by atoms with Crippen molar-refractivity contribution in [3.8, 4) is 0 Å². The normalized spacial score (nSPS) is 11.8. The van der Waals surface area contributed by atoms with Crippen LogP contribution < -0.4 is 11.5 Å². The number of amides is 2. The van der Waals surface area contributed by atoms with Crippen LogP contribution in [-0.2, 0) is 4.74 Å². The number of rotatable bonds is 2. The summed E-state index contributed by atoms with van der Waals surface area (Å²) in [6, 6.07) is 12.7. The summed E-state index contributed by atoms with van der Waals surface area (Å²) in [7, 11) is 0. The van der Waals surface area contributed by atoms with Gasteiger partial charge in [0, 0.05) is 0 Å². The molecule has 0 unspecified atom stereocenters. The Morgan fingerprint density at radius 1 is 0.696 bits per heavy atom. The van der Waals surface area contributed by atoms with E-state index in [0.717, 1.165) is 0 Å². The molecular formula is C16H12N2O5. The van der Waals surface area contributed by atoms with Crippen LogP contribution in [0.2, 0.25) is 0 Å². The van der Waals surface area contributed by atoms with Gasteiger partial charge in [0.2, 0.25) is 11.8 Å². The molecule has 3 rings (SSSR count). The van der Waals surface area contributed by atoms with Crippen LogP contribution in [0.1, 0.15) is 41.4 Å². The summed E-state index contributed by atoms with van der Waals surface area (Å²) in [5.74, 6) is -2.40. The van der Waals surface area contributed by atoms with E-state index in [1.165, 1.54) is 12.1 Å². The van der Waals surface area contributed by atoms with Gasteiger partial charge in [-0.1, -0.05) is 24.3 Å². The van der Waals surface area contributed by atoms with Crippen molar-refractivity contribution < 1.29 is 23.9 Å². The smallest absolute Gasteiger partial charge is 0.346 e. The molecule has 0 atom stereocenters. The summed E-state index contributed by atoms with van der Waals surface area (Å²) in [4.78, 5) is 43.1. The number of nitrogens with two attached hydrogens (primary N) is 2. The Labute approximate surface area is 130 Å². The van der Waals surface area contributed by atoms with Gasteiger partial charge in [0.15, 0.2) is 0 Å². The predicted molar refractivity (Wildman–Crippen MR) is 79.7 cm³/mol. The van der Waals surface area contributed by atoms with Crippen LogP contribution in [0.5, 0.6) is 0 Å². The van der Waals surface area contributed by atoms with Gasteiger partial charge in [0.05, 0.1) is 22.3 Å². The average Bonchev–Trinajstić information content (AvgIpc) is 2.83. The number of hydrogen-bond acceptors (Lipinski definition) is 5. The number of primary amides is 2. The lowest BCUT2D eigenvalue weighted by Crippen LogP contribution is -2.20. The largest absolute Gasteiger partial charge is 0.386 e. The van der Waals surface area contributed by atoms with Gasteiger partial charge in [-0.3, -0.25) is 9.59 Å². The molecule has 4 N–H and O–H groups in total. The monoisotopic (exact) mass is 312 g/mol. The maximum absolute atomic E-state index is 10.8. The van der Waals surface area contributed by atoms with E-state index in [-0.39, 0.29) is 11.1 Å².